The molecule has 4 heteroatoms. The predicted octanol–water partition coefficient (Wildman–Crippen LogP) is 4.45. The van der Waals surface area contributed by atoms with Gasteiger partial charge in [-0.1, -0.05) is 20.4 Å². The van der Waals surface area contributed by atoms with Gasteiger partial charge in [0.05, 0.1) is 17.2 Å². The summed E-state index contributed by atoms with van der Waals surface area (Å²) in [5.74, 6) is 1.04. The fourth-order valence-corrected chi connectivity index (χ4v) is 3.76. The molecule has 0 aromatic heterocycles. The largest absolute Gasteiger partial charge is 0.508 e. The standard InChI is InChI=1S/C18H25BrO3/c1-11-13(17(2,3)6-7-18(11,4)21)8-12-9-16(22-5)14(19)10-15(12)20/h9-10,13,20-21H,1,6-8H2,2-5H3/t13?,18-/m0/s1. The van der Waals surface area contributed by atoms with E-state index in [1.54, 1.807) is 13.2 Å². The Bertz CT molecular complexity index is 590. The molecule has 0 aliphatic heterocycles. The summed E-state index contributed by atoms with van der Waals surface area (Å²) < 4.78 is 6.05. The van der Waals surface area contributed by atoms with Crippen molar-refractivity contribution in [1.29, 1.82) is 0 Å². The summed E-state index contributed by atoms with van der Waals surface area (Å²) in [7, 11) is 1.61. The molecule has 1 unspecified atom stereocenters. The van der Waals surface area contributed by atoms with Crippen LogP contribution < -0.4 is 4.74 Å². The minimum atomic E-state index is -0.838. The zero-order valence-electron chi connectivity index (χ0n) is 13.7. The molecule has 0 amide bonds. The molecule has 0 bridgehead atoms. The van der Waals surface area contributed by atoms with Crippen LogP contribution in [0.25, 0.3) is 0 Å². The van der Waals surface area contributed by atoms with Crippen LogP contribution in [0.1, 0.15) is 39.2 Å². The highest BCUT2D eigenvalue weighted by atomic mass is 79.9. The van der Waals surface area contributed by atoms with Crippen molar-refractivity contribution >= 4 is 15.9 Å². The second-order valence-electron chi connectivity index (χ2n) is 7.16. The summed E-state index contributed by atoms with van der Waals surface area (Å²) in [5, 5.41) is 20.8. The van der Waals surface area contributed by atoms with Crippen LogP contribution in [-0.2, 0) is 6.42 Å². The molecule has 3 nitrogen and oxygen atoms in total. The van der Waals surface area contributed by atoms with Gasteiger partial charge in [0.2, 0.25) is 0 Å². The zero-order valence-corrected chi connectivity index (χ0v) is 15.3. The number of aliphatic hydroxyl groups is 1. The average molecular weight is 369 g/mol. The summed E-state index contributed by atoms with van der Waals surface area (Å²) in [4.78, 5) is 0. The Labute approximate surface area is 141 Å². The molecule has 0 saturated heterocycles. The number of phenolic OH excluding ortho intramolecular Hbond substituents is 1. The first-order chi connectivity index (χ1) is 10.1. The predicted molar refractivity (Wildman–Crippen MR) is 92.3 cm³/mol. The van der Waals surface area contributed by atoms with Crippen LogP contribution in [0.15, 0.2) is 28.8 Å². The Kier molecular flexibility index (Phi) is 4.65. The van der Waals surface area contributed by atoms with Gasteiger partial charge >= 0.3 is 0 Å². The van der Waals surface area contributed by atoms with E-state index in [2.05, 4.69) is 36.4 Å². The van der Waals surface area contributed by atoms with Crippen molar-refractivity contribution in [3.63, 3.8) is 0 Å². The first kappa shape index (κ1) is 17.4. The van der Waals surface area contributed by atoms with E-state index in [4.69, 9.17) is 4.74 Å². The topological polar surface area (TPSA) is 49.7 Å². The fraction of sp³-hybridized carbons (Fsp3) is 0.556. The zero-order chi connectivity index (χ0) is 16.7. The number of ether oxygens (including phenoxy) is 1. The van der Waals surface area contributed by atoms with Gasteiger partial charge in [0, 0.05) is 0 Å². The fourth-order valence-electron chi connectivity index (χ4n) is 3.27. The first-order valence-corrected chi connectivity index (χ1v) is 8.35. The third-order valence-electron chi connectivity index (χ3n) is 5.09. The molecule has 1 fully saturated rings. The molecule has 0 spiro atoms. The lowest BCUT2D eigenvalue weighted by Gasteiger charge is -2.47. The van der Waals surface area contributed by atoms with Crippen LogP contribution in [0.5, 0.6) is 11.5 Å². The van der Waals surface area contributed by atoms with Gasteiger partial charge in [0.15, 0.2) is 0 Å². The second-order valence-corrected chi connectivity index (χ2v) is 8.01. The molecular weight excluding hydrogens is 344 g/mol. The van der Waals surface area contributed by atoms with E-state index >= 15 is 0 Å². The van der Waals surface area contributed by atoms with Gasteiger partial charge < -0.3 is 14.9 Å². The average Bonchev–Trinajstić information content (AvgIpc) is 2.42. The summed E-state index contributed by atoms with van der Waals surface area (Å²) in [6, 6.07) is 3.51. The van der Waals surface area contributed by atoms with Gasteiger partial charge in [-0.15, -0.1) is 0 Å². The van der Waals surface area contributed by atoms with Crippen LogP contribution in [0, 0.1) is 11.3 Å². The van der Waals surface area contributed by atoms with Gasteiger partial charge in [0.25, 0.3) is 0 Å². The number of aromatic hydroxyl groups is 1. The van der Waals surface area contributed by atoms with Crippen LogP contribution in [0.4, 0.5) is 0 Å². The summed E-state index contributed by atoms with van der Waals surface area (Å²) >= 11 is 3.38. The molecule has 2 N–H and O–H groups in total. The molecule has 122 valence electrons. The molecule has 1 aliphatic carbocycles. The molecule has 1 aromatic carbocycles. The first-order valence-electron chi connectivity index (χ1n) is 7.55. The lowest BCUT2D eigenvalue weighted by atomic mass is 9.60. The van der Waals surface area contributed by atoms with Crippen molar-refractivity contribution in [1.82, 2.24) is 0 Å². The van der Waals surface area contributed by atoms with E-state index in [0.717, 1.165) is 28.5 Å². The van der Waals surface area contributed by atoms with Gasteiger partial charge in [-0.3, -0.25) is 0 Å². The van der Waals surface area contributed by atoms with Gasteiger partial charge in [0.1, 0.15) is 11.5 Å². The van der Waals surface area contributed by atoms with Crippen LogP contribution in [0.3, 0.4) is 0 Å². The van der Waals surface area contributed by atoms with E-state index in [1.165, 1.54) is 0 Å². The third kappa shape index (κ3) is 3.18. The van der Waals surface area contributed by atoms with E-state index in [1.807, 2.05) is 13.0 Å². The van der Waals surface area contributed by atoms with E-state index in [0.29, 0.717) is 12.2 Å². The Hall–Kier alpha value is -1.00. The van der Waals surface area contributed by atoms with Crippen molar-refractivity contribution in [2.45, 2.75) is 45.6 Å². The van der Waals surface area contributed by atoms with Gasteiger partial charge in [-0.25, -0.2) is 0 Å². The van der Waals surface area contributed by atoms with Crippen LogP contribution >= 0.6 is 15.9 Å². The normalized spacial score (nSPS) is 27.7. The number of rotatable bonds is 3. The molecule has 0 heterocycles. The molecule has 0 radical (unpaired) electrons. The molecule has 1 aromatic rings. The van der Waals surface area contributed by atoms with Crippen LogP contribution in [0.2, 0.25) is 0 Å². The molecule has 2 rings (SSSR count). The number of methoxy groups -OCH3 is 1. The Balaban J connectivity index is 2.37. The summed E-state index contributed by atoms with van der Waals surface area (Å²) in [6.45, 7) is 10.4. The number of phenols is 1. The number of halogens is 1. The van der Waals surface area contributed by atoms with Crippen molar-refractivity contribution < 1.29 is 14.9 Å². The Morgan fingerprint density at radius 1 is 1.32 bits per heavy atom. The number of hydrogen-bond acceptors (Lipinski definition) is 3. The summed E-state index contributed by atoms with van der Waals surface area (Å²) in [6.07, 6.45) is 2.29. The van der Waals surface area contributed by atoms with Gasteiger partial charge in [-0.2, -0.15) is 0 Å². The second kappa shape index (κ2) is 5.89. The van der Waals surface area contributed by atoms with Crippen molar-refractivity contribution in [2.75, 3.05) is 7.11 Å². The lowest BCUT2D eigenvalue weighted by molar-refractivity contribution is 0.0127. The Morgan fingerprint density at radius 2 is 1.95 bits per heavy atom. The maximum Gasteiger partial charge on any atom is 0.133 e. The molecule has 22 heavy (non-hydrogen) atoms. The lowest BCUT2D eigenvalue weighted by Crippen LogP contribution is -2.44. The molecule has 2 atom stereocenters. The minimum absolute atomic E-state index is 0.0338. The van der Waals surface area contributed by atoms with Crippen LogP contribution in [-0.4, -0.2) is 22.9 Å². The van der Waals surface area contributed by atoms with E-state index < -0.39 is 5.60 Å². The van der Waals surface area contributed by atoms with E-state index in [-0.39, 0.29) is 17.1 Å². The smallest absolute Gasteiger partial charge is 0.133 e. The minimum Gasteiger partial charge on any atom is -0.508 e. The summed E-state index contributed by atoms with van der Waals surface area (Å²) in [5.41, 5.74) is 0.864. The SMILES string of the molecule is C=C1C(Cc2cc(OC)c(Br)cc2O)C(C)(C)CC[C@]1(C)O. The quantitative estimate of drug-likeness (QED) is 0.774. The maximum atomic E-state index is 10.5. The molecule has 1 saturated carbocycles. The van der Waals surface area contributed by atoms with Crippen molar-refractivity contribution in [2.24, 2.45) is 11.3 Å². The Morgan fingerprint density at radius 3 is 2.55 bits per heavy atom. The molecular formula is C18H25BrO3. The third-order valence-corrected chi connectivity index (χ3v) is 5.71. The van der Waals surface area contributed by atoms with Crippen molar-refractivity contribution in [3.05, 3.63) is 34.3 Å². The highest BCUT2D eigenvalue weighted by molar-refractivity contribution is 9.10. The monoisotopic (exact) mass is 368 g/mol. The number of hydrogen-bond donors (Lipinski definition) is 2. The molecule has 1 aliphatic rings. The highest BCUT2D eigenvalue weighted by Crippen LogP contribution is 2.49. The highest BCUT2D eigenvalue weighted by Gasteiger charge is 2.44. The van der Waals surface area contributed by atoms with Crippen molar-refractivity contribution in [3.8, 4) is 11.5 Å². The van der Waals surface area contributed by atoms with Gasteiger partial charge in [-0.05, 0) is 76.7 Å². The maximum absolute atomic E-state index is 10.5. The van der Waals surface area contributed by atoms with E-state index in [9.17, 15) is 10.2 Å². The number of benzene rings is 1.